The molecule has 0 spiro atoms. The first-order chi connectivity index (χ1) is 18.7. The molecular formula is C28H34F4N4O4. The molecule has 4 rings (SSSR count). The Kier molecular flexibility index (Phi) is 8.69. The van der Waals surface area contributed by atoms with Gasteiger partial charge in [0.1, 0.15) is 11.9 Å². The molecule has 2 aliphatic rings. The lowest BCUT2D eigenvalue weighted by molar-refractivity contribution is -0.217. The average Bonchev–Trinajstić information content (AvgIpc) is 3.29. The van der Waals surface area contributed by atoms with Crippen LogP contribution in [0.1, 0.15) is 43.5 Å². The largest absolute Gasteiger partial charge is 0.477 e. The molecule has 2 saturated heterocycles. The number of β-amino-alcohol motifs (C(OH)–C–C–N with tert-alkyl or cyclic N) is 1. The van der Waals surface area contributed by atoms with Crippen LogP contribution in [0, 0.1) is 17.2 Å². The summed E-state index contributed by atoms with van der Waals surface area (Å²) in [6.45, 7) is 3.86. The third-order valence-corrected chi connectivity index (χ3v) is 7.70. The highest BCUT2D eigenvalue weighted by molar-refractivity contribution is 5.98. The summed E-state index contributed by atoms with van der Waals surface area (Å²) >= 11 is 0. The van der Waals surface area contributed by atoms with Gasteiger partial charge in [-0.2, -0.15) is 13.2 Å². The summed E-state index contributed by atoms with van der Waals surface area (Å²) in [5.74, 6) is -1.68. The van der Waals surface area contributed by atoms with Crippen LogP contribution in [0.3, 0.4) is 0 Å². The maximum atomic E-state index is 14.9. The van der Waals surface area contributed by atoms with Crippen LogP contribution in [0.25, 0.3) is 11.1 Å². The summed E-state index contributed by atoms with van der Waals surface area (Å²) in [7, 11) is 0. The number of likely N-dealkylation sites (tertiary alicyclic amines) is 2. The summed E-state index contributed by atoms with van der Waals surface area (Å²) in [5.41, 5.74) is 4.42. The van der Waals surface area contributed by atoms with E-state index in [1.807, 2.05) is 4.90 Å². The van der Waals surface area contributed by atoms with Crippen LogP contribution in [0.4, 0.5) is 17.6 Å². The Morgan fingerprint density at radius 3 is 2.38 bits per heavy atom. The Morgan fingerprint density at radius 2 is 1.80 bits per heavy atom. The Morgan fingerprint density at radius 1 is 1.12 bits per heavy atom. The van der Waals surface area contributed by atoms with Crippen molar-refractivity contribution in [2.24, 2.45) is 17.1 Å². The molecule has 3 N–H and O–H groups in total. The second-order valence-electron chi connectivity index (χ2n) is 11.3. The minimum Gasteiger partial charge on any atom is -0.477 e. The van der Waals surface area contributed by atoms with E-state index in [1.54, 1.807) is 18.2 Å². The summed E-state index contributed by atoms with van der Waals surface area (Å²) in [4.78, 5) is 31.7. The van der Waals surface area contributed by atoms with Gasteiger partial charge >= 0.3 is 6.18 Å². The van der Waals surface area contributed by atoms with E-state index in [-0.39, 0.29) is 31.0 Å². The first-order valence-electron chi connectivity index (χ1n) is 13.2. The fourth-order valence-electron chi connectivity index (χ4n) is 5.13. The molecule has 3 heterocycles. The second kappa shape index (κ2) is 11.7. The van der Waals surface area contributed by atoms with E-state index in [0.717, 1.165) is 17.7 Å². The predicted molar refractivity (Wildman–Crippen MR) is 139 cm³/mol. The molecule has 2 atom stereocenters. The number of aromatic nitrogens is 1. The monoisotopic (exact) mass is 566 g/mol. The molecule has 1 aromatic carbocycles. The van der Waals surface area contributed by atoms with Gasteiger partial charge in [-0.3, -0.25) is 9.59 Å². The number of nitrogens with zero attached hydrogens (tertiary/aromatic N) is 3. The average molecular weight is 567 g/mol. The normalized spacial score (nSPS) is 21.0. The lowest BCUT2D eigenvalue weighted by Crippen LogP contribution is -2.46. The number of rotatable bonds is 8. The number of benzene rings is 1. The molecule has 2 amide bonds. The highest BCUT2D eigenvalue weighted by atomic mass is 19.4. The van der Waals surface area contributed by atoms with Crippen molar-refractivity contribution in [1.29, 1.82) is 0 Å². The zero-order chi connectivity index (χ0) is 29.2. The third kappa shape index (κ3) is 6.72. The third-order valence-electron chi connectivity index (χ3n) is 7.70. The van der Waals surface area contributed by atoms with Crippen LogP contribution in [0.15, 0.2) is 36.5 Å². The summed E-state index contributed by atoms with van der Waals surface area (Å²) in [6.07, 6.45) is -2.16. The lowest BCUT2D eigenvalue weighted by atomic mass is 9.89. The predicted octanol–water partition coefficient (Wildman–Crippen LogP) is 3.63. The first-order valence-corrected chi connectivity index (χ1v) is 13.2. The molecule has 12 heteroatoms. The summed E-state index contributed by atoms with van der Waals surface area (Å²) in [5, 5.41) is 9.83. The van der Waals surface area contributed by atoms with Crippen molar-refractivity contribution in [1.82, 2.24) is 14.8 Å². The minimum atomic E-state index is -4.25. The molecule has 0 radical (unpaired) electrons. The zero-order valence-electron chi connectivity index (χ0n) is 22.5. The van der Waals surface area contributed by atoms with Crippen LogP contribution in [0.2, 0.25) is 0 Å². The molecule has 2 aliphatic heterocycles. The van der Waals surface area contributed by atoms with Gasteiger partial charge in [-0.05, 0) is 69.5 Å². The molecule has 218 valence electrons. The van der Waals surface area contributed by atoms with Gasteiger partial charge in [0, 0.05) is 37.3 Å². The summed E-state index contributed by atoms with van der Waals surface area (Å²) < 4.78 is 60.3. The van der Waals surface area contributed by atoms with E-state index in [1.165, 1.54) is 32.2 Å². The maximum absolute atomic E-state index is 14.9. The van der Waals surface area contributed by atoms with Gasteiger partial charge in [-0.1, -0.05) is 6.07 Å². The lowest BCUT2D eigenvalue weighted by Gasteiger charge is -2.38. The topological polar surface area (TPSA) is 109 Å². The second-order valence-corrected chi connectivity index (χ2v) is 11.3. The molecule has 40 heavy (non-hydrogen) atoms. The molecular weight excluding hydrogens is 532 g/mol. The minimum absolute atomic E-state index is 0.0142. The smallest absolute Gasteiger partial charge is 0.395 e. The number of piperidine rings is 1. The molecule has 0 aliphatic carbocycles. The number of carbonyl (C=O) groups excluding carboxylic acids is 2. The van der Waals surface area contributed by atoms with Gasteiger partial charge in [0.2, 0.25) is 11.8 Å². The van der Waals surface area contributed by atoms with Crippen molar-refractivity contribution in [3.8, 4) is 17.0 Å². The molecule has 0 bridgehead atoms. The number of ether oxygens (including phenoxy) is 1. The number of aliphatic hydroxyl groups excluding tert-OH is 1. The summed E-state index contributed by atoms with van der Waals surface area (Å²) in [6, 6.07) is 6.45. The first kappa shape index (κ1) is 29.7. The molecule has 2 aromatic rings. The Balaban J connectivity index is 1.30. The van der Waals surface area contributed by atoms with Crippen molar-refractivity contribution in [3.05, 3.63) is 47.9 Å². The van der Waals surface area contributed by atoms with E-state index in [9.17, 15) is 32.3 Å². The number of halogens is 4. The highest BCUT2D eigenvalue weighted by Gasteiger charge is 2.48. The van der Waals surface area contributed by atoms with Gasteiger partial charge in [0.05, 0.1) is 23.7 Å². The van der Waals surface area contributed by atoms with Crippen LogP contribution >= 0.6 is 0 Å². The van der Waals surface area contributed by atoms with Gasteiger partial charge in [-0.25, -0.2) is 9.37 Å². The number of pyridine rings is 1. The number of alkyl halides is 3. The van der Waals surface area contributed by atoms with Crippen molar-refractivity contribution in [3.63, 3.8) is 0 Å². The van der Waals surface area contributed by atoms with Gasteiger partial charge in [-0.15, -0.1) is 0 Å². The Hall–Kier alpha value is -3.25. The van der Waals surface area contributed by atoms with Crippen LogP contribution in [-0.2, 0) is 4.79 Å². The van der Waals surface area contributed by atoms with Crippen LogP contribution in [-0.4, -0.2) is 82.8 Å². The van der Waals surface area contributed by atoms with Crippen molar-refractivity contribution in [2.45, 2.75) is 51.4 Å². The number of primary amides is 1. The Labute approximate surface area is 230 Å². The van der Waals surface area contributed by atoms with E-state index in [4.69, 9.17) is 10.5 Å². The van der Waals surface area contributed by atoms with Gasteiger partial charge in [0.25, 0.3) is 5.91 Å². The van der Waals surface area contributed by atoms with Crippen LogP contribution in [0.5, 0.6) is 5.88 Å². The number of hydrogen-bond acceptors (Lipinski definition) is 6. The molecule has 2 fully saturated rings. The molecule has 1 aromatic heterocycles. The van der Waals surface area contributed by atoms with Crippen molar-refractivity contribution in [2.75, 3.05) is 32.8 Å². The number of hydrogen-bond donors (Lipinski definition) is 2. The number of amides is 2. The van der Waals surface area contributed by atoms with Crippen LogP contribution < -0.4 is 10.5 Å². The standard InChI is InChI=1S/C28H34F4N4O4/c1-27(2,28(30,31)32)16-35-9-7-17(8-10-35)15-40-24-6-4-19(13-34-24)18-3-5-21(22(29)11-18)26(39)36-14-20(37)12-23(36)25(33)38/h3-6,11,13,17,20,23,37H,7-10,12,14-16H2,1-2H3,(H2,33,38)/t20-,23+/m1/s1. The number of aliphatic hydroxyl groups is 1. The van der Waals surface area contributed by atoms with Crippen molar-refractivity contribution >= 4 is 11.8 Å². The SMILES string of the molecule is CC(C)(CN1CCC(COc2ccc(-c3ccc(C(=O)N4C[C@H](O)C[C@H]4C(N)=O)c(F)c3)cn2)CC1)C(F)(F)F. The van der Waals surface area contributed by atoms with Crippen molar-refractivity contribution < 1.29 is 37.0 Å². The van der Waals surface area contributed by atoms with Gasteiger partial charge in [0.15, 0.2) is 0 Å². The fourth-order valence-corrected chi connectivity index (χ4v) is 5.13. The zero-order valence-corrected chi connectivity index (χ0v) is 22.5. The maximum Gasteiger partial charge on any atom is 0.395 e. The Bertz CT molecular complexity index is 1210. The highest BCUT2D eigenvalue weighted by Crippen LogP contribution is 2.38. The molecule has 0 saturated carbocycles. The molecule has 8 nitrogen and oxygen atoms in total. The van der Waals surface area contributed by atoms with E-state index in [0.29, 0.717) is 36.7 Å². The van der Waals surface area contributed by atoms with E-state index >= 15 is 0 Å². The van der Waals surface area contributed by atoms with E-state index < -0.39 is 41.4 Å². The number of nitrogens with two attached hydrogens (primary N) is 1. The van der Waals surface area contributed by atoms with E-state index in [2.05, 4.69) is 4.98 Å². The number of carbonyl (C=O) groups is 2. The van der Waals surface area contributed by atoms with Gasteiger partial charge < -0.3 is 25.4 Å². The quantitative estimate of drug-likeness (QED) is 0.473. The molecule has 0 unspecified atom stereocenters. The fraction of sp³-hybridized carbons (Fsp3) is 0.536.